The summed E-state index contributed by atoms with van der Waals surface area (Å²) in [5, 5.41) is 6.37. The summed E-state index contributed by atoms with van der Waals surface area (Å²) in [4.78, 5) is 25.0. The lowest BCUT2D eigenvalue weighted by molar-refractivity contribution is -0.128. The van der Waals surface area contributed by atoms with Gasteiger partial charge in [-0.2, -0.15) is 0 Å². The first kappa shape index (κ1) is 21.7. The third-order valence-corrected chi connectivity index (χ3v) is 5.07. The molecule has 1 rings (SSSR count). The van der Waals surface area contributed by atoms with E-state index in [1.54, 1.807) is 6.92 Å². The molecule has 0 bridgehead atoms. The largest absolute Gasteiger partial charge is 0.355 e. The van der Waals surface area contributed by atoms with Crippen LogP contribution in [0, 0.1) is 5.92 Å². The van der Waals surface area contributed by atoms with E-state index in [4.69, 9.17) is 0 Å². The van der Waals surface area contributed by atoms with Crippen molar-refractivity contribution in [2.75, 3.05) is 26.7 Å². The molecule has 0 radical (unpaired) electrons. The highest BCUT2D eigenvalue weighted by Crippen LogP contribution is 2.24. The molecule has 0 saturated heterocycles. The molecule has 1 fully saturated rings. The molecule has 0 atom stereocenters. The number of carbonyl (C=O) groups excluding carboxylic acids is 2. The van der Waals surface area contributed by atoms with Crippen LogP contribution in [-0.4, -0.2) is 49.4 Å². The molecule has 144 valence electrons. The second-order valence-electron chi connectivity index (χ2n) is 7.62. The van der Waals surface area contributed by atoms with Gasteiger partial charge >= 0.3 is 0 Å². The van der Waals surface area contributed by atoms with Gasteiger partial charge in [-0.25, -0.2) is 0 Å². The first-order chi connectivity index (χ1) is 11.9. The summed E-state index contributed by atoms with van der Waals surface area (Å²) in [6, 6.07) is 0.431. The van der Waals surface area contributed by atoms with E-state index in [1.807, 2.05) is 11.9 Å². The van der Waals surface area contributed by atoms with Crippen LogP contribution in [0.1, 0.15) is 65.2 Å². The normalized spacial score (nSPS) is 20.1. The maximum atomic E-state index is 11.9. The van der Waals surface area contributed by atoms with E-state index in [9.17, 15) is 9.59 Å². The Morgan fingerprint density at radius 3 is 2.36 bits per heavy atom. The van der Waals surface area contributed by atoms with E-state index in [1.165, 1.54) is 5.57 Å². The van der Waals surface area contributed by atoms with E-state index >= 15 is 0 Å². The quantitative estimate of drug-likeness (QED) is 0.444. The van der Waals surface area contributed by atoms with Gasteiger partial charge < -0.3 is 15.5 Å². The molecule has 0 aromatic heterocycles. The summed E-state index contributed by atoms with van der Waals surface area (Å²) in [5.74, 6) is 0.829. The summed E-state index contributed by atoms with van der Waals surface area (Å²) < 4.78 is 0. The van der Waals surface area contributed by atoms with Crippen LogP contribution < -0.4 is 10.6 Å². The van der Waals surface area contributed by atoms with E-state index < -0.39 is 0 Å². The zero-order chi connectivity index (χ0) is 18.7. The lowest BCUT2D eigenvalue weighted by Gasteiger charge is -2.31. The zero-order valence-electron chi connectivity index (χ0n) is 16.4. The topological polar surface area (TPSA) is 61.4 Å². The maximum absolute atomic E-state index is 11.9. The van der Waals surface area contributed by atoms with Crippen molar-refractivity contribution < 1.29 is 9.59 Å². The van der Waals surface area contributed by atoms with Gasteiger partial charge in [-0.3, -0.25) is 9.59 Å². The zero-order valence-corrected chi connectivity index (χ0v) is 16.4. The molecule has 0 aliphatic heterocycles. The molecule has 0 spiro atoms. The molecule has 0 unspecified atom stereocenters. The van der Waals surface area contributed by atoms with Gasteiger partial charge in [0.15, 0.2) is 0 Å². The summed E-state index contributed by atoms with van der Waals surface area (Å²) in [5.41, 5.74) is 1.23. The van der Waals surface area contributed by atoms with Crippen LogP contribution in [0.25, 0.3) is 0 Å². The lowest BCUT2D eigenvalue weighted by Crippen LogP contribution is -2.42. The molecular weight excluding hydrogens is 314 g/mol. The van der Waals surface area contributed by atoms with Crippen molar-refractivity contribution in [2.24, 2.45) is 5.92 Å². The van der Waals surface area contributed by atoms with Crippen molar-refractivity contribution in [2.45, 2.75) is 71.3 Å². The number of unbranched alkanes of at least 4 members (excludes halogenated alkanes) is 2. The average Bonchev–Trinajstić information content (AvgIpc) is 2.57. The van der Waals surface area contributed by atoms with Gasteiger partial charge in [0.25, 0.3) is 0 Å². The van der Waals surface area contributed by atoms with Crippen molar-refractivity contribution >= 4 is 11.8 Å². The molecule has 1 aliphatic rings. The van der Waals surface area contributed by atoms with E-state index in [0.717, 1.165) is 64.5 Å². The summed E-state index contributed by atoms with van der Waals surface area (Å²) in [7, 11) is 1.87. The number of hydrogen-bond donors (Lipinski definition) is 2. The fourth-order valence-electron chi connectivity index (χ4n) is 3.32. The molecule has 0 aromatic rings. The summed E-state index contributed by atoms with van der Waals surface area (Å²) in [6.45, 7) is 9.61. The fourth-order valence-corrected chi connectivity index (χ4v) is 3.32. The predicted octanol–water partition coefficient (Wildman–Crippen LogP) is 2.87. The number of carbonyl (C=O) groups is 2. The highest BCUT2D eigenvalue weighted by Gasteiger charge is 2.22. The van der Waals surface area contributed by atoms with Crippen LogP contribution in [0.2, 0.25) is 0 Å². The van der Waals surface area contributed by atoms with Crippen LogP contribution in [0.4, 0.5) is 0 Å². The van der Waals surface area contributed by atoms with Crippen LogP contribution in [0.5, 0.6) is 0 Å². The molecular formula is C20H37N3O2. The van der Waals surface area contributed by atoms with E-state index in [2.05, 4.69) is 24.1 Å². The minimum absolute atomic E-state index is 0.0957. The molecule has 0 heterocycles. The van der Waals surface area contributed by atoms with Gasteiger partial charge in [-0.1, -0.05) is 12.0 Å². The first-order valence-corrected chi connectivity index (χ1v) is 9.74. The molecule has 5 heteroatoms. The first-order valence-electron chi connectivity index (χ1n) is 9.74. The van der Waals surface area contributed by atoms with Crippen LogP contribution >= 0.6 is 0 Å². The Hall–Kier alpha value is -1.36. The second-order valence-corrected chi connectivity index (χ2v) is 7.62. The van der Waals surface area contributed by atoms with Crippen LogP contribution in [0.3, 0.4) is 0 Å². The Labute approximate surface area is 153 Å². The van der Waals surface area contributed by atoms with Crippen molar-refractivity contribution in [1.82, 2.24) is 15.5 Å². The highest BCUT2D eigenvalue weighted by molar-refractivity contribution is 5.77. The Morgan fingerprint density at radius 1 is 1.08 bits per heavy atom. The smallest absolute Gasteiger partial charge is 0.233 e. The molecule has 1 saturated carbocycles. The second kappa shape index (κ2) is 12.1. The SMILES string of the molecule is C=C(C)CCCCCNC(=O)CNC1CCC(CN(C)C(C)=O)CC1. The van der Waals surface area contributed by atoms with Gasteiger partial charge in [0.05, 0.1) is 6.54 Å². The highest BCUT2D eigenvalue weighted by atomic mass is 16.2. The number of hydrogen-bond acceptors (Lipinski definition) is 3. The molecule has 5 nitrogen and oxygen atoms in total. The van der Waals surface area contributed by atoms with E-state index in [-0.39, 0.29) is 11.8 Å². The predicted molar refractivity (Wildman–Crippen MR) is 103 cm³/mol. The van der Waals surface area contributed by atoms with Gasteiger partial charge in [0.1, 0.15) is 0 Å². The number of rotatable bonds is 11. The van der Waals surface area contributed by atoms with Gasteiger partial charge in [-0.15, -0.1) is 6.58 Å². The fraction of sp³-hybridized carbons (Fsp3) is 0.800. The molecule has 1 aliphatic carbocycles. The van der Waals surface area contributed by atoms with Crippen molar-refractivity contribution in [3.05, 3.63) is 12.2 Å². The standard InChI is InChI=1S/C20H37N3O2/c1-16(2)8-6-5-7-13-21-20(25)14-22-19-11-9-18(10-12-19)15-23(4)17(3)24/h18-19,22H,1,5-15H2,2-4H3,(H,21,25). The number of amides is 2. The van der Waals surface area contributed by atoms with Gasteiger partial charge in [0, 0.05) is 33.1 Å². The Balaban J connectivity index is 2.04. The van der Waals surface area contributed by atoms with Crippen LogP contribution in [-0.2, 0) is 9.59 Å². The summed E-state index contributed by atoms with van der Waals surface area (Å²) in [6.07, 6.45) is 8.84. The van der Waals surface area contributed by atoms with Gasteiger partial charge in [0.2, 0.25) is 11.8 Å². The molecule has 25 heavy (non-hydrogen) atoms. The average molecular weight is 352 g/mol. The monoisotopic (exact) mass is 351 g/mol. The lowest BCUT2D eigenvalue weighted by atomic mass is 9.85. The maximum Gasteiger partial charge on any atom is 0.233 e. The van der Waals surface area contributed by atoms with Crippen molar-refractivity contribution in [3.63, 3.8) is 0 Å². The van der Waals surface area contributed by atoms with Crippen LogP contribution in [0.15, 0.2) is 12.2 Å². The Morgan fingerprint density at radius 2 is 1.76 bits per heavy atom. The molecule has 0 aromatic carbocycles. The minimum Gasteiger partial charge on any atom is -0.355 e. The third-order valence-electron chi connectivity index (χ3n) is 5.07. The Bertz CT molecular complexity index is 429. The Kier molecular flexibility index (Phi) is 10.5. The number of nitrogens with zero attached hydrogens (tertiary/aromatic N) is 1. The van der Waals surface area contributed by atoms with Crippen molar-refractivity contribution in [3.8, 4) is 0 Å². The third kappa shape index (κ3) is 10.3. The van der Waals surface area contributed by atoms with Gasteiger partial charge in [-0.05, 0) is 57.8 Å². The molecule has 2 N–H and O–H groups in total. The number of nitrogens with one attached hydrogen (secondary N) is 2. The minimum atomic E-state index is 0.0957. The number of allylic oxidation sites excluding steroid dienone is 1. The van der Waals surface area contributed by atoms with Crippen molar-refractivity contribution in [1.29, 1.82) is 0 Å². The summed E-state index contributed by atoms with van der Waals surface area (Å²) >= 11 is 0. The molecule has 2 amide bonds. The van der Waals surface area contributed by atoms with E-state index in [0.29, 0.717) is 18.5 Å².